The van der Waals surface area contributed by atoms with Crippen LogP contribution in [0.4, 0.5) is 5.69 Å². The van der Waals surface area contributed by atoms with Crippen LogP contribution in [0, 0.1) is 0 Å². The van der Waals surface area contributed by atoms with Crippen LogP contribution in [0.25, 0.3) is 0 Å². The lowest BCUT2D eigenvalue weighted by molar-refractivity contribution is -0.890. The number of rotatable bonds is 8. The van der Waals surface area contributed by atoms with Crippen molar-refractivity contribution in [3.05, 3.63) is 102 Å². The highest BCUT2D eigenvalue weighted by Gasteiger charge is 2.39. The van der Waals surface area contributed by atoms with E-state index in [0.29, 0.717) is 17.6 Å². The third-order valence-corrected chi connectivity index (χ3v) is 5.99. The van der Waals surface area contributed by atoms with Gasteiger partial charge >= 0.3 is 5.97 Å². The molecule has 1 aliphatic rings. The summed E-state index contributed by atoms with van der Waals surface area (Å²) in [7, 11) is 2.06. The fraction of sp³-hybridized carbons (Fsp3) is 0.259. The summed E-state index contributed by atoms with van der Waals surface area (Å²) in [5.41, 5.74) is 2.44. The van der Waals surface area contributed by atoms with E-state index in [-0.39, 0.29) is 17.9 Å². The van der Waals surface area contributed by atoms with Crippen LogP contribution < -0.4 is 5.32 Å². The molecule has 3 atom stereocenters. The second kappa shape index (κ2) is 9.79. The van der Waals surface area contributed by atoms with Gasteiger partial charge in [-0.1, -0.05) is 78.9 Å². The van der Waals surface area contributed by atoms with E-state index in [0.717, 1.165) is 29.8 Å². The summed E-state index contributed by atoms with van der Waals surface area (Å²) in [6, 6.07) is 28.1. The number of benzene rings is 3. The van der Waals surface area contributed by atoms with Crippen LogP contribution in [0.2, 0.25) is 0 Å². The summed E-state index contributed by atoms with van der Waals surface area (Å²) in [5, 5.41) is 3.31. The average Bonchev–Trinajstić information content (AvgIpc) is 3.19. The number of anilines is 1. The molecule has 164 valence electrons. The normalized spacial score (nSPS) is 21.0. The van der Waals surface area contributed by atoms with E-state index in [9.17, 15) is 9.59 Å². The summed E-state index contributed by atoms with van der Waals surface area (Å²) in [6.45, 7) is 1.85. The van der Waals surface area contributed by atoms with Crippen molar-refractivity contribution in [2.24, 2.45) is 0 Å². The lowest BCUT2D eigenvalue weighted by Crippen LogP contribution is -2.46. The second-order valence-corrected chi connectivity index (χ2v) is 8.67. The minimum Gasteiger partial charge on any atom is -0.454 e. The highest BCUT2D eigenvalue weighted by Crippen LogP contribution is 2.25. The molecule has 0 aliphatic carbocycles. The smallest absolute Gasteiger partial charge is 0.333 e. The van der Waals surface area contributed by atoms with Gasteiger partial charge in [-0.25, -0.2) is 4.79 Å². The molecular weight excluding hydrogens is 400 g/mol. The fourth-order valence-corrected chi connectivity index (χ4v) is 4.29. The number of para-hydroxylation sites is 1. The number of likely N-dealkylation sites (N-methyl/N-ethyl adjacent to an activating group) is 1. The lowest BCUT2D eigenvalue weighted by Gasteiger charge is -2.29. The number of carbonyl (C=O) groups is 2. The Bertz CT molecular complexity index is 1040. The Balaban J connectivity index is 1.42. The molecule has 3 aromatic carbocycles. The summed E-state index contributed by atoms with van der Waals surface area (Å²) >= 11 is 0. The lowest BCUT2D eigenvalue weighted by atomic mass is 10.1. The molecule has 0 spiro atoms. The van der Waals surface area contributed by atoms with Gasteiger partial charge in [-0.2, -0.15) is 0 Å². The number of esters is 1. The predicted octanol–water partition coefficient (Wildman–Crippen LogP) is 4.48. The molecule has 1 fully saturated rings. The van der Waals surface area contributed by atoms with Crippen LogP contribution in [0.5, 0.6) is 0 Å². The highest BCUT2D eigenvalue weighted by atomic mass is 16.5. The van der Waals surface area contributed by atoms with Crippen LogP contribution in [0.1, 0.15) is 28.4 Å². The van der Waals surface area contributed by atoms with Crippen molar-refractivity contribution >= 4 is 17.4 Å². The number of quaternary nitrogens is 1. The molecule has 0 radical (unpaired) electrons. The largest absolute Gasteiger partial charge is 0.454 e. The van der Waals surface area contributed by atoms with Gasteiger partial charge in [0.25, 0.3) is 0 Å². The van der Waals surface area contributed by atoms with E-state index in [1.807, 2.05) is 91.0 Å². The number of hydrogen-bond donors (Lipinski definition) is 1. The van der Waals surface area contributed by atoms with Crippen molar-refractivity contribution in [2.75, 3.05) is 32.0 Å². The van der Waals surface area contributed by atoms with Crippen molar-refractivity contribution in [1.29, 1.82) is 0 Å². The minimum absolute atomic E-state index is 0.119. The summed E-state index contributed by atoms with van der Waals surface area (Å²) in [6.07, 6.45) is 0.539. The molecule has 1 aliphatic heterocycles. The topological polar surface area (TPSA) is 55.4 Å². The fourth-order valence-electron chi connectivity index (χ4n) is 4.29. The standard InChI is InChI=1S/C27H29N2O3/c1-29(20-25(30)21-11-5-2-6-12-21)18-17-24(19-29)32-27(31)26(22-13-7-3-8-14-22)28-23-15-9-4-10-16-23/h2-16,24,26,28H,17-20H2,1H3/q+1. The first-order valence-corrected chi connectivity index (χ1v) is 11.0. The van der Waals surface area contributed by atoms with Crippen LogP contribution in [0.15, 0.2) is 91.0 Å². The van der Waals surface area contributed by atoms with Gasteiger partial charge in [0.05, 0.1) is 13.6 Å². The molecule has 3 unspecified atom stereocenters. The van der Waals surface area contributed by atoms with Crippen molar-refractivity contribution in [2.45, 2.75) is 18.6 Å². The first kappa shape index (κ1) is 21.8. The first-order valence-electron chi connectivity index (χ1n) is 11.0. The van der Waals surface area contributed by atoms with Gasteiger partial charge in [0.15, 0.2) is 12.1 Å². The van der Waals surface area contributed by atoms with Crippen molar-refractivity contribution < 1.29 is 18.8 Å². The van der Waals surface area contributed by atoms with Gasteiger partial charge in [-0.3, -0.25) is 4.79 Å². The van der Waals surface area contributed by atoms with E-state index >= 15 is 0 Å². The number of nitrogens with zero attached hydrogens (tertiary/aromatic N) is 1. The molecule has 0 aromatic heterocycles. The molecule has 0 saturated carbocycles. The number of Topliss-reactive ketones (excluding diaryl/α,β-unsaturated/α-hetero) is 1. The van der Waals surface area contributed by atoms with Crippen LogP contribution in [-0.4, -0.2) is 49.0 Å². The first-order chi connectivity index (χ1) is 15.5. The summed E-state index contributed by atoms with van der Waals surface area (Å²) in [5.74, 6) is -0.180. The van der Waals surface area contributed by atoms with Crippen LogP contribution in [0.3, 0.4) is 0 Å². The van der Waals surface area contributed by atoms with E-state index in [1.54, 1.807) is 0 Å². The molecule has 5 heteroatoms. The molecule has 1 saturated heterocycles. The molecule has 0 amide bonds. The van der Waals surface area contributed by atoms with Gasteiger partial charge in [0.2, 0.25) is 5.78 Å². The molecule has 1 heterocycles. The van der Waals surface area contributed by atoms with E-state index in [4.69, 9.17) is 4.74 Å². The Morgan fingerprint density at radius 2 is 1.53 bits per heavy atom. The molecule has 5 nitrogen and oxygen atoms in total. The zero-order valence-electron chi connectivity index (χ0n) is 18.3. The Morgan fingerprint density at radius 3 is 2.19 bits per heavy atom. The number of nitrogens with one attached hydrogen (secondary N) is 1. The number of carbonyl (C=O) groups excluding carboxylic acids is 2. The maximum Gasteiger partial charge on any atom is 0.333 e. The van der Waals surface area contributed by atoms with Crippen LogP contribution >= 0.6 is 0 Å². The zero-order chi connectivity index (χ0) is 22.4. The Morgan fingerprint density at radius 1 is 0.938 bits per heavy atom. The van der Waals surface area contributed by atoms with E-state index < -0.39 is 6.04 Å². The predicted molar refractivity (Wildman–Crippen MR) is 125 cm³/mol. The molecule has 0 bridgehead atoms. The molecular formula is C27H29N2O3+. The molecule has 1 N–H and O–H groups in total. The van der Waals surface area contributed by atoms with Gasteiger partial charge in [-0.05, 0) is 17.7 Å². The SMILES string of the molecule is C[N+]1(CC(=O)c2ccccc2)CCC(OC(=O)C(Nc2ccccc2)c2ccccc2)C1. The summed E-state index contributed by atoms with van der Waals surface area (Å²) in [4.78, 5) is 25.9. The van der Waals surface area contributed by atoms with E-state index in [1.165, 1.54) is 0 Å². The van der Waals surface area contributed by atoms with Gasteiger partial charge in [0, 0.05) is 17.7 Å². The monoisotopic (exact) mass is 429 g/mol. The second-order valence-electron chi connectivity index (χ2n) is 8.67. The summed E-state index contributed by atoms with van der Waals surface area (Å²) < 4.78 is 6.53. The Kier molecular flexibility index (Phi) is 6.66. The maximum absolute atomic E-state index is 13.2. The maximum atomic E-state index is 13.2. The quantitative estimate of drug-likeness (QED) is 0.326. The number of ketones is 1. The minimum atomic E-state index is -0.594. The average molecular weight is 430 g/mol. The van der Waals surface area contributed by atoms with Gasteiger partial charge in [-0.15, -0.1) is 0 Å². The molecule has 32 heavy (non-hydrogen) atoms. The Hall–Kier alpha value is -3.44. The van der Waals surface area contributed by atoms with Crippen molar-refractivity contribution in [3.8, 4) is 0 Å². The van der Waals surface area contributed by atoms with Crippen molar-refractivity contribution in [1.82, 2.24) is 0 Å². The van der Waals surface area contributed by atoms with E-state index in [2.05, 4.69) is 12.4 Å². The molecule has 3 aromatic rings. The zero-order valence-corrected chi connectivity index (χ0v) is 18.3. The van der Waals surface area contributed by atoms with Crippen LogP contribution in [-0.2, 0) is 9.53 Å². The highest BCUT2D eigenvalue weighted by molar-refractivity contribution is 5.96. The number of ether oxygens (including phenoxy) is 1. The third-order valence-electron chi connectivity index (χ3n) is 5.99. The van der Waals surface area contributed by atoms with Gasteiger partial charge in [0.1, 0.15) is 13.1 Å². The Labute approximate surface area is 189 Å². The van der Waals surface area contributed by atoms with Crippen molar-refractivity contribution in [3.63, 3.8) is 0 Å². The van der Waals surface area contributed by atoms with Gasteiger partial charge < -0.3 is 14.5 Å². The third kappa shape index (κ3) is 5.42. The molecule has 4 rings (SSSR count). The number of likely N-dealkylation sites (tertiary alicyclic amines) is 1. The number of hydrogen-bond acceptors (Lipinski definition) is 4.